The number of ether oxygens (including phenoxy) is 1. The molecule has 6 rings (SSSR count). The Bertz CT molecular complexity index is 1780. The number of halogens is 1. The second kappa shape index (κ2) is 14.2. The molecule has 1 saturated heterocycles. The van der Waals surface area contributed by atoms with Gasteiger partial charge in [-0.25, -0.2) is 17.6 Å². The van der Waals surface area contributed by atoms with Crippen molar-refractivity contribution in [1.82, 2.24) is 19.8 Å². The van der Waals surface area contributed by atoms with Crippen molar-refractivity contribution in [3.63, 3.8) is 0 Å². The van der Waals surface area contributed by atoms with Gasteiger partial charge in [-0.15, -0.1) is 5.73 Å². The van der Waals surface area contributed by atoms with Crippen molar-refractivity contribution in [3.8, 4) is 0 Å². The number of carbonyl (C=O) groups excluding carboxylic acids is 5. The van der Waals surface area contributed by atoms with Crippen molar-refractivity contribution in [1.29, 1.82) is 0 Å². The molecule has 1 aromatic carbocycles. The Kier molecular flexibility index (Phi) is 10.2. The maximum atomic E-state index is 14.4. The molecule has 0 aromatic heterocycles. The second-order valence-corrected chi connectivity index (χ2v) is 16.9. The summed E-state index contributed by atoms with van der Waals surface area (Å²) in [6, 6.07) is 3.35. The number of Topliss-reactive ketones (excluding diaryl/α,β-unsaturated/α-hetero) is 1. The van der Waals surface area contributed by atoms with Crippen LogP contribution in [0, 0.1) is 17.7 Å². The van der Waals surface area contributed by atoms with E-state index in [-0.39, 0.29) is 38.9 Å². The van der Waals surface area contributed by atoms with Gasteiger partial charge in [-0.1, -0.05) is 25.0 Å². The molecule has 4 amide bonds. The number of amides is 4. The van der Waals surface area contributed by atoms with Crippen LogP contribution in [0.4, 0.5) is 9.18 Å². The molecule has 13 nitrogen and oxygen atoms in total. The minimum absolute atomic E-state index is 0.00794. The van der Waals surface area contributed by atoms with Gasteiger partial charge in [0.1, 0.15) is 29.1 Å². The molecule has 3 aliphatic heterocycles. The number of ketones is 1. The van der Waals surface area contributed by atoms with Gasteiger partial charge >= 0.3 is 6.09 Å². The van der Waals surface area contributed by atoms with Crippen LogP contribution in [0.5, 0.6) is 0 Å². The molecule has 3 N–H and O–H groups in total. The Balaban J connectivity index is 1.27. The van der Waals surface area contributed by atoms with Crippen molar-refractivity contribution in [3.05, 3.63) is 53.0 Å². The number of fused-ring (bicyclic) bond motifs is 3. The van der Waals surface area contributed by atoms with Crippen LogP contribution in [0.1, 0.15) is 89.2 Å². The quantitative estimate of drug-likeness (QED) is 0.356. The van der Waals surface area contributed by atoms with Gasteiger partial charge < -0.3 is 20.1 Å². The van der Waals surface area contributed by atoms with Crippen LogP contribution >= 0.6 is 0 Å². The minimum Gasteiger partial charge on any atom is -0.444 e. The number of nitrogens with one attached hydrogen (secondary N) is 2. The first-order valence-corrected chi connectivity index (χ1v) is 19.2. The first kappa shape index (κ1) is 36.7. The molecule has 2 aliphatic carbocycles. The number of benzene rings is 1. The van der Waals surface area contributed by atoms with Gasteiger partial charge in [0, 0.05) is 36.8 Å². The van der Waals surface area contributed by atoms with Gasteiger partial charge in [0.15, 0.2) is 5.78 Å². The Morgan fingerprint density at radius 3 is 2.61 bits per heavy atom. The Labute approximate surface area is 296 Å². The Hall–Kier alpha value is -4.07. The monoisotopic (exact) mass is 728 g/mol. The molecular weight excluding hydrogens is 683 g/mol. The van der Waals surface area contributed by atoms with Crippen molar-refractivity contribution in [2.75, 3.05) is 6.54 Å². The summed E-state index contributed by atoms with van der Waals surface area (Å²) in [4.78, 5) is 71.0. The zero-order chi connectivity index (χ0) is 36.7. The SMILES string of the molecule is CC(C)(O)C(=O)C[C@H]1CCCCCC=C=C[C@@H]2C[C@@]2(C(=O)NS(=O)(=O)C2CC2)NC(=O)[C@@H]2C[C@@H](OC(=O)N3Cc4cccc(F)c4C3)CN2C1=O. The van der Waals surface area contributed by atoms with Gasteiger partial charge in [-0.2, -0.15) is 0 Å². The fourth-order valence-electron chi connectivity index (χ4n) is 7.14. The highest BCUT2D eigenvalue weighted by atomic mass is 32.2. The molecule has 5 atom stereocenters. The van der Waals surface area contributed by atoms with E-state index in [4.69, 9.17) is 4.74 Å². The molecule has 0 radical (unpaired) electrons. The van der Waals surface area contributed by atoms with Crippen LogP contribution in [0.15, 0.2) is 36.1 Å². The van der Waals surface area contributed by atoms with E-state index in [1.54, 1.807) is 24.3 Å². The number of sulfonamides is 1. The minimum atomic E-state index is -3.94. The molecule has 0 bridgehead atoms. The number of rotatable bonds is 7. The molecule has 3 heterocycles. The third-order valence-electron chi connectivity index (χ3n) is 10.5. The Morgan fingerprint density at radius 1 is 1.14 bits per heavy atom. The predicted octanol–water partition coefficient (Wildman–Crippen LogP) is 2.75. The van der Waals surface area contributed by atoms with E-state index in [9.17, 15) is 41.9 Å². The highest BCUT2D eigenvalue weighted by Crippen LogP contribution is 2.46. The molecule has 5 aliphatic rings. The largest absolute Gasteiger partial charge is 0.444 e. The summed E-state index contributed by atoms with van der Waals surface area (Å²) in [5.41, 5.74) is 0.792. The van der Waals surface area contributed by atoms with Gasteiger partial charge in [-0.05, 0) is 76.2 Å². The summed E-state index contributed by atoms with van der Waals surface area (Å²) in [6.07, 6.45) is 5.37. The Morgan fingerprint density at radius 2 is 1.90 bits per heavy atom. The van der Waals surface area contributed by atoms with Crippen LogP contribution in [-0.2, 0) is 47.0 Å². The van der Waals surface area contributed by atoms with Crippen molar-refractivity contribution in [2.45, 2.75) is 120 Å². The third-order valence-corrected chi connectivity index (χ3v) is 12.4. The van der Waals surface area contributed by atoms with Gasteiger partial charge in [0.2, 0.25) is 21.8 Å². The summed E-state index contributed by atoms with van der Waals surface area (Å²) >= 11 is 0. The average Bonchev–Trinajstić information content (AvgIpc) is 3.95. The van der Waals surface area contributed by atoms with Crippen molar-refractivity contribution >= 4 is 39.6 Å². The molecule has 1 aromatic rings. The van der Waals surface area contributed by atoms with Gasteiger partial charge in [0.05, 0.1) is 18.3 Å². The molecular formula is C36H45FN4O9S. The second-order valence-electron chi connectivity index (χ2n) is 15.0. The van der Waals surface area contributed by atoms with Crippen LogP contribution in [0.25, 0.3) is 0 Å². The third kappa shape index (κ3) is 8.05. The van der Waals surface area contributed by atoms with Crippen molar-refractivity contribution in [2.24, 2.45) is 11.8 Å². The summed E-state index contributed by atoms with van der Waals surface area (Å²) < 4.78 is 47.8. The fourth-order valence-corrected chi connectivity index (χ4v) is 8.50. The van der Waals surface area contributed by atoms with E-state index in [0.29, 0.717) is 43.2 Å². The number of nitrogens with zero attached hydrogens (tertiary/aromatic N) is 2. The van der Waals surface area contributed by atoms with E-state index >= 15 is 0 Å². The number of hydrogen-bond acceptors (Lipinski definition) is 9. The number of hydrogen-bond donors (Lipinski definition) is 3. The molecule has 51 heavy (non-hydrogen) atoms. The maximum absolute atomic E-state index is 14.4. The lowest BCUT2D eigenvalue weighted by atomic mass is 9.88. The predicted molar refractivity (Wildman–Crippen MR) is 180 cm³/mol. The first-order chi connectivity index (χ1) is 24.1. The van der Waals surface area contributed by atoms with Crippen LogP contribution < -0.4 is 10.0 Å². The summed E-state index contributed by atoms with van der Waals surface area (Å²) in [7, 11) is -3.94. The lowest BCUT2D eigenvalue weighted by molar-refractivity contribution is -0.146. The van der Waals surface area contributed by atoms with Gasteiger partial charge in [0.25, 0.3) is 5.91 Å². The average molecular weight is 729 g/mol. The molecule has 276 valence electrons. The van der Waals surface area contributed by atoms with E-state index in [0.717, 1.165) is 12.8 Å². The van der Waals surface area contributed by atoms with Crippen molar-refractivity contribution < 1.29 is 46.6 Å². The highest BCUT2D eigenvalue weighted by molar-refractivity contribution is 7.91. The van der Waals surface area contributed by atoms with E-state index in [1.165, 1.54) is 29.7 Å². The fraction of sp³-hybridized carbons (Fsp3) is 0.611. The zero-order valence-electron chi connectivity index (χ0n) is 28.9. The van der Waals surface area contributed by atoms with E-state index in [1.807, 2.05) is 0 Å². The van der Waals surface area contributed by atoms with E-state index in [2.05, 4.69) is 15.8 Å². The molecule has 3 fully saturated rings. The van der Waals surface area contributed by atoms with E-state index < -0.39 is 85.8 Å². The summed E-state index contributed by atoms with van der Waals surface area (Å²) in [5, 5.41) is 12.5. The standard InChI is InChI=1S/C36H45FN4O9S/c1-35(2,47)30(42)16-22-10-7-5-3-4-6-8-12-24-18-36(24,33(45)39-51(48,49)26-14-15-26)38-31(43)29-17-25(20-41(29)32(22)44)50-34(46)40-19-23-11-9-13-28(37)27(23)21-40/h6,9,11-13,22,24-26,29,47H,3-5,7,10,14-21H2,1-2H3,(H,38,43)(H,39,45)/t8?,22-,24-,25-,29+,36-/m1/s1. The molecule has 2 saturated carbocycles. The first-order valence-electron chi connectivity index (χ1n) is 17.7. The van der Waals surface area contributed by atoms with Gasteiger partial charge in [-0.3, -0.25) is 28.8 Å². The summed E-state index contributed by atoms with van der Waals surface area (Å²) in [6.45, 7) is 2.62. The normalized spacial score (nSPS) is 28.4. The van der Waals surface area contributed by atoms with Crippen LogP contribution in [-0.4, -0.2) is 88.0 Å². The maximum Gasteiger partial charge on any atom is 0.410 e. The van der Waals surface area contributed by atoms with Crippen LogP contribution in [0.2, 0.25) is 0 Å². The molecule has 0 spiro atoms. The van der Waals surface area contributed by atoms with Crippen LogP contribution in [0.3, 0.4) is 0 Å². The highest BCUT2D eigenvalue weighted by Gasteiger charge is 2.62. The molecule has 0 unspecified atom stereocenters. The lowest BCUT2D eigenvalue weighted by Crippen LogP contribution is -2.57. The summed E-state index contributed by atoms with van der Waals surface area (Å²) in [5.74, 6) is -4.57. The lowest BCUT2D eigenvalue weighted by Gasteiger charge is -2.30. The number of aliphatic hydroxyl groups is 1. The number of carbonyl (C=O) groups is 5. The smallest absolute Gasteiger partial charge is 0.410 e. The zero-order valence-corrected chi connectivity index (χ0v) is 29.7. The molecule has 15 heteroatoms. The topological polar surface area (TPSA) is 179 Å².